The molecule has 0 spiro atoms. The normalized spacial score (nSPS) is 30.1. The van der Waals surface area contributed by atoms with Gasteiger partial charge in [-0.05, 0) is 41.5 Å². The van der Waals surface area contributed by atoms with Crippen molar-refractivity contribution in [1.29, 1.82) is 0 Å². The van der Waals surface area contributed by atoms with Gasteiger partial charge in [-0.15, -0.1) is 0 Å². The smallest absolute Gasteiger partial charge is 0.212 e. The molecule has 0 aliphatic carbocycles. The first-order chi connectivity index (χ1) is 5.57. The van der Waals surface area contributed by atoms with Crippen molar-refractivity contribution < 1.29 is 8.42 Å². The Morgan fingerprint density at radius 3 is 1.62 bits per heavy atom. The van der Waals surface area contributed by atoms with Crippen LogP contribution in [0, 0.1) is 0 Å². The van der Waals surface area contributed by atoms with E-state index < -0.39 is 14.8 Å². The molecule has 0 amide bonds. The molecule has 0 aromatic rings. The molecule has 1 aliphatic rings. The molecule has 1 fully saturated rings. The maximum atomic E-state index is 11.9. The molecule has 1 saturated heterocycles. The van der Waals surface area contributed by atoms with Crippen LogP contribution in [0.4, 0.5) is 0 Å². The van der Waals surface area contributed by atoms with Crippen molar-refractivity contribution in [2.75, 3.05) is 0 Å². The molecule has 0 radical (unpaired) electrons. The third kappa shape index (κ3) is 1.02. The van der Waals surface area contributed by atoms with Crippen LogP contribution >= 0.6 is 0 Å². The molecular formula is C9H19NO2S. The number of rotatable bonds is 1. The van der Waals surface area contributed by atoms with Crippen LogP contribution in [-0.2, 0) is 10.0 Å². The van der Waals surface area contributed by atoms with E-state index in [2.05, 4.69) is 0 Å². The summed E-state index contributed by atoms with van der Waals surface area (Å²) in [7, 11) is -3.07. The molecule has 3 nitrogen and oxygen atoms in total. The fraction of sp³-hybridized carbons (Fsp3) is 1.00. The standard InChI is InChI=1S/C9H19NO2S/c1-7(2)10-8(3,4)9(5,6)13(10,11)12/h7H,1-6H3. The molecule has 0 bridgehead atoms. The first kappa shape index (κ1) is 11.0. The van der Waals surface area contributed by atoms with Crippen LogP contribution in [0.1, 0.15) is 41.5 Å². The van der Waals surface area contributed by atoms with Crippen molar-refractivity contribution in [2.24, 2.45) is 0 Å². The highest BCUT2D eigenvalue weighted by atomic mass is 32.2. The van der Waals surface area contributed by atoms with E-state index in [1.165, 1.54) is 0 Å². The third-order valence-corrected chi connectivity index (χ3v) is 6.58. The van der Waals surface area contributed by atoms with Gasteiger partial charge in [-0.3, -0.25) is 0 Å². The Bertz CT molecular complexity index is 315. The van der Waals surface area contributed by atoms with E-state index in [9.17, 15) is 8.42 Å². The van der Waals surface area contributed by atoms with Gasteiger partial charge in [-0.2, -0.15) is 4.31 Å². The highest BCUT2D eigenvalue weighted by molar-refractivity contribution is 7.92. The van der Waals surface area contributed by atoms with E-state index in [-0.39, 0.29) is 11.6 Å². The third-order valence-electron chi connectivity index (χ3n) is 3.40. The molecule has 13 heavy (non-hydrogen) atoms. The molecule has 1 aliphatic heterocycles. The summed E-state index contributed by atoms with van der Waals surface area (Å²) in [6.07, 6.45) is 0. The number of hydrogen-bond donors (Lipinski definition) is 0. The predicted molar refractivity (Wildman–Crippen MR) is 54.1 cm³/mol. The fourth-order valence-corrected chi connectivity index (χ4v) is 4.48. The second kappa shape index (κ2) is 2.48. The summed E-state index contributed by atoms with van der Waals surface area (Å²) in [6, 6.07) is 0.0491. The Morgan fingerprint density at radius 1 is 1.08 bits per heavy atom. The maximum absolute atomic E-state index is 11.9. The van der Waals surface area contributed by atoms with Crippen molar-refractivity contribution in [1.82, 2.24) is 4.31 Å². The molecule has 1 heterocycles. The van der Waals surface area contributed by atoms with E-state index in [1.54, 1.807) is 18.2 Å². The number of hydrogen-bond acceptors (Lipinski definition) is 2. The van der Waals surface area contributed by atoms with Gasteiger partial charge in [0.05, 0.1) is 10.3 Å². The molecule has 0 aromatic heterocycles. The fourth-order valence-electron chi connectivity index (χ4n) is 2.01. The summed E-state index contributed by atoms with van der Waals surface area (Å²) in [5, 5.41) is 0. The van der Waals surface area contributed by atoms with Gasteiger partial charge < -0.3 is 0 Å². The van der Waals surface area contributed by atoms with Crippen molar-refractivity contribution >= 4 is 10.0 Å². The maximum Gasteiger partial charge on any atom is 0.221 e. The lowest BCUT2D eigenvalue weighted by molar-refractivity contribution is 0.0895. The Balaban J connectivity index is 3.19. The second-order valence-electron chi connectivity index (χ2n) is 4.96. The summed E-state index contributed by atoms with van der Waals surface area (Å²) >= 11 is 0. The molecular weight excluding hydrogens is 186 g/mol. The van der Waals surface area contributed by atoms with Crippen LogP contribution in [0.2, 0.25) is 0 Å². The van der Waals surface area contributed by atoms with Gasteiger partial charge in [0, 0.05) is 6.04 Å². The van der Waals surface area contributed by atoms with Crippen molar-refractivity contribution in [3.05, 3.63) is 0 Å². The monoisotopic (exact) mass is 205 g/mol. The lowest BCUT2D eigenvalue weighted by Crippen LogP contribution is -2.77. The van der Waals surface area contributed by atoms with Crippen LogP contribution in [0.3, 0.4) is 0 Å². The Hall–Kier alpha value is -0.0900. The molecule has 0 aromatic carbocycles. The molecule has 0 atom stereocenters. The first-order valence-corrected chi connectivity index (χ1v) is 6.05. The molecule has 0 N–H and O–H groups in total. The quantitative estimate of drug-likeness (QED) is 0.652. The number of nitrogens with zero attached hydrogens (tertiary/aromatic N) is 1. The summed E-state index contributed by atoms with van der Waals surface area (Å²) in [5.41, 5.74) is -0.264. The Labute approximate surface area is 81.2 Å². The molecule has 4 heteroatoms. The van der Waals surface area contributed by atoms with Gasteiger partial charge in [-0.1, -0.05) is 0 Å². The van der Waals surface area contributed by atoms with Crippen LogP contribution in [0.5, 0.6) is 0 Å². The zero-order chi connectivity index (χ0) is 10.7. The predicted octanol–water partition coefficient (Wildman–Crippen LogP) is 1.60. The van der Waals surface area contributed by atoms with Gasteiger partial charge in [0.25, 0.3) is 0 Å². The summed E-state index contributed by atoms with van der Waals surface area (Å²) < 4.78 is 24.7. The second-order valence-corrected chi connectivity index (χ2v) is 7.33. The van der Waals surface area contributed by atoms with Gasteiger partial charge in [0.15, 0.2) is 0 Å². The van der Waals surface area contributed by atoms with Gasteiger partial charge in [0.1, 0.15) is 0 Å². The van der Waals surface area contributed by atoms with Crippen molar-refractivity contribution in [3.8, 4) is 0 Å². The van der Waals surface area contributed by atoms with E-state index >= 15 is 0 Å². The minimum Gasteiger partial charge on any atom is -0.212 e. The Kier molecular flexibility index (Phi) is 2.10. The summed E-state index contributed by atoms with van der Waals surface area (Å²) in [6.45, 7) is 11.4. The van der Waals surface area contributed by atoms with Gasteiger partial charge >= 0.3 is 0 Å². The lowest BCUT2D eigenvalue weighted by Gasteiger charge is -2.60. The van der Waals surface area contributed by atoms with E-state index in [0.29, 0.717) is 0 Å². The van der Waals surface area contributed by atoms with Crippen LogP contribution in [0.25, 0.3) is 0 Å². The average Bonchev–Trinajstić information content (AvgIpc) is 1.82. The molecule has 1 rings (SSSR count). The van der Waals surface area contributed by atoms with Crippen molar-refractivity contribution in [3.63, 3.8) is 0 Å². The van der Waals surface area contributed by atoms with E-state index in [0.717, 1.165) is 0 Å². The van der Waals surface area contributed by atoms with E-state index in [4.69, 9.17) is 0 Å². The van der Waals surface area contributed by atoms with Crippen LogP contribution in [0.15, 0.2) is 0 Å². The van der Waals surface area contributed by atoms with E-state index in [1.807, 2.05) is 27.7 Å². The molecule has 0 saturated carbocycles. The van der Waals surface area contributed by atoms with Crippen molar-refractivity contribution in [2.45, 2.75) is 57.9 Å². The zero-order valence-corrected chi connectivity index (χ0v) is 10.1. The largest absolute Gasteiger partial charge is 0.221 e. The van der Waals surface area contributed by atoms with Gasteiger partial charge in [0.2, 0.25) is 10.0 Å². The first-order valence-electron chi connectivity index (χ1n) is 4.61. The van der Waals surface area contributed by atoms with Crippen LogP contribution < -0.4 is 0 Å². The highest BCUT2D eigenvalue weighted by Crippen LogP contribution is 2.49. The molecule has 0 unspecified atom stereocenters. The van der Waals surface area contributed by atoms with Gasteiger partial charge in [-0.25, -0.2) is 8.42 Å². The average molecular weight is 205 g/mol. The minimum atomic E-state index is -3.07. The van der Waals surface area contributed by atoms with Crippen LogP contribution in [-0.4, -0.2) is 29.1 Å². The lowest BCUT2D eigenvalue weighted by atomic mass is 9.88. The Morgan fingerprint density at radius 2 is 1.46 bits per heavy atom. The SMILES string of the molecule is CC(C)N1C(C)(C)C(C)(C)S1(=O)=O. The number of sulfonamides is 1. The molecule has 78 valence electrons. The summed E-state index contributed by atoms with van der Waals surface area (Å²) in [5.74, 6) is 0. The topological polar surface area (TPSA) is 37.4 Å². The summed E-state index contributed by atoms with van der Waals surface area (Å²) in [4.78, 5) is 0. The minimum absolute atomic E-state index is 0.0491. The zero-order valence-electron chi connectivity index (χ0n) is 9.25. The highest BCUT2D eigenvalue weighted by Gasteiger charge is 2.66.